The molecule has 0 aliphatic carbocycles. The summed E-state index contributed by atoms with van der Waals surface area (Å²) >= 11 is 0. The largest absolute Gasteiger partial charge is 0.469 e. The lowest BCUT2D eigenvalue weighted by Crippen LogP contribution is -2.27. The lowest BCUT2D eigenvalue weighted by atomic mass is 10.2. The minimum atomic E-state index is -0.235. The molecular weight excluding hydrogens is 184 g/mol. The standard InChI is InChI=1S/C10H18O4/c1-8(10(11)12-2)7-14-9-5-3-4-6-13-9/h8-9H,3-7H2,1-2H3/t8-,9+/m0/s1. The van der Waals surface area contributed by atoms with Crippen molar-refractivity contribution in [3.63, 3.8) is 0 Å². The molecule has 14 heavy (non-hydrogen) atoms. The molecule has 0 aromatic carbocycles. The molecule has 0 saturated carbocycles. The maximum absolute atomic E-state index is 11.0. The maximum Gasteiger partial charge on any atom is 0.310 e. The molecule has 2 atom stereocenters. The van der Waals surface area contributed by atoms with Gasteiger partial charge in [-0.2, -0.15) is 0 Å². The van der Waals surface area contributed by atoms with E-state index in [-0.39, 0.29) is 18.2 Å². The van der Waals surface area contributed by atoms with E-state index in [0.717, 1.165) is 25.9 Å². The lowest BCUT2D eigenvalue weighted by Gasteiger charge is -2.23. The summed E-state index contributed by atoms with van der Waals surface area (Å²) in [5.74, 6) is -0.452. The van der Waals surface area contributed by atoms with Gasteiger partial charge in [-0.05, 0) is 26.2 Å². The molecule has 4 nitrogen and oxygen atoms in total. The number of esters is 1. The Bertz CT molecular complexity index is 175. The molecular formula is C10H18O4. The van der Waals surface area contributed by atoms with Crippen LogP contribution in [0.15, 0.2) is 0 Å². The Labute approximate surface area is 84.5 Å². The summed E-state index contributed by atoms with van der Waals surface area (Å²) in [4.78, 5) is 11.0. The Balaban J connectivity index is 2.15. The molecule has 1 rings (SSSR count). The average molecular weight is 202 g/mol. The number of hydrogen-bond donors (Lipinski definition) is 0. The summed E-state index contributed by atoms with van der Waals surface area (Å²) in [6, 6.07) is 0. The van der Waals surface area contributed by atoms with Gasteiger partial charge in [0.15, 0.2) is 6.29 Å². The molecule has 4 heteroatoms. The van der Waals surface area contributed by atoms with Crippen molar-refractivity contribution in [3.05, 3.63) is 0 Å². The molecule has 0 aromatic rings. The van der Waals surface area contributed by atoms with Crippen molar-refractivity contribution in [2.45, 2.75) is 32.5 Å². The Morgan fingerprint density at radius 2 is 2.36 bits per heavy atom. The van der Waals surface area contributed by atoms with Crippen molar-refractivity contribution in [2.24, 2.45) is 5.92 Å². The van der Waals surface area contributed by atoms with Gasteiger partial charge in [-0.1, -0.05) is 0 Å². The zero-order valence-electron chi connectivity index (χ0n) is 8.82. The van der Waals surface area contributed by atoms with Gasteiger partial charge in [0.05, 0.1) is 19.6 Å². The minimum Gasteiger partial charge on any atom is -0.469 e. The normalized spacial score (nSPS) is 24.3. The summed E-state index contributed by atoms with van der Waals surface area (Å²) in [5.41, 5.74) is 0. The highest BCUT2D eigenvalue weighted by Crippen LogP contribution is 2.14. The van der Waals surface area contributed by atoms with E-state index in [1.165, 1.54) is 7.11 Å². The molecule has 0 unspecified atom stereocenters. The smallest absolute Gasteiger partial charge is 0.310 e. The van der Waals surface area contributed by atoms with Gasteiger partial charge >= 0.3 is 5.97 Å². The van der Waals surface area contributed by atoms with Crippen molar-refractivity contribution in [3.8, 4) is 0 Å². The highest BCUT2D eigenvalue weighted by molar-refractivity contribution is 5.71. The van der Waals surface area contributed by atoms with Crippen molar-refractivity contribution in [1.82, 2.24) is 0 Å². The SMILES string of the molecule is COC(=O)[C@@H](C)CO[C@@H]1CCCCO1. The maximum atomic E-state index is 11.0. The van der Waals surface area contributed by atoms with Crippen LogP contribution in [0.1, 0.15) is 26.2 Å². The second-order valence-electron chi connectivity index (χ2n) is 3.55. The fourth-order valence-electron chi connectivity index (χ4n) is 1.36. The van der Waals surface area contributed by atoms with Crippen LogP contribution in [0.25, 0.3) is 0 Å². The van der Waals surface area contributed by atoms with Crippen LogP contribution in [0.4, 0.5) is 0 Å². The summed E-state index contributed by atoms with van der Waals surface area (Å²) in [6.07, 6.45) is 3.04. The molecule has 1 heterocycles. The summed E-state index contributed by atoms with van der Waals surface area (Å²) < 4.78 is 15.4. The first-order chi connectivity index (χ1) is 6.74. The molecule has 0 radical (unpaired) electrons. The Morgan fingerprint density at radius 3 is 2.93 bits per heavy atom. The van der Waals surface area contributed by atoms with E-state index in [9.17, 15) is 4.79 Å². The third kappa shape index (κ3) is 3.64. The van der Waals surface area contributed by atoms with Gasteiger partial charge in [-0.25, -0.2) is 0 Å². The van der Waals surface area contributed by atoms with Crippen LogP contribution < -0.4 is 0 Å². The van der Waals surface area contributed by atoms with E-state index >= 15 is 0 Å². The molecule has 0 amide bonds. The van der Waals surface area contributed by atoms with Crippen molar-refractivity contribution >= 4 is 5.97 Å². The summed E-state index contributed by atoms with van der Waals surface area (Å²) in [6.45, 7) is 2.92. The number of carbonyl (C=O) groups is 1. The molecule has 1 fully saturated rings. The zero-order chi connectivity index (χ0) is 10.4. The molecule has 82 valence electrons. The van der Waals surface area contributed by atoms with E-state index in [1.54, 1.807) is 6.92 Å². The molecule has 0 bridgehead atoms. The second-order valence-corrected chi connectivity index (χ2v) is 3.55. The second kappa shape index (κ2) is 5.98. The van der Waals surface area contributed by atoms with E-state index in [4.69, 9.17) is 9.47 Å². The van der Waals surface area contributed by atoms with E-state index in [2.05, 4.69) is 4.74 Å². The topological polar surface area (TPSA) is 44.8 Å². The van der Waals surface area contributed by atoms with Crippen LogP contribution in [0, 0.1) is 5.92 Å². The first-order valence-corrected chi connectivity index (χ1v) is 5.05. The molecule has 0 aromatic heterocycles. The summed E-state index contributed by atoms with van der Waals surface area (Å²) in [7, 11) is 1.38. The minimum absolute atomic E-state index is 0.129. The number of carbonyl (C=O) groups excluding carboxylic acids is 1. The highest BCUT2D eigenvalue weighted by Gasteiger charge is 2.18. The van der Waals surface area contributed by atoms with Gasteiger partial charge in [0.2, 0.25) is 0 Å². The Morgan fingerprint density at radius 1 is 1.57 bits per heavy atom. The Kier molecular flexibility index (Phi) is 4.90. The molecule has 1 aliphatic heterocycles. The highest BCUT2D eigenvalue weighted by atomic mass is 16.7. The number of rotatable bonds is 4. The van der Waals surface area contributed by atoms with Gasteiger partial charge in [-0.3, -0.25) is 4.79 Å². The van der Waals surface area contributed by atoms with Gasteiger partial charge in [0.25, 0.3) is 0 Å². The predicted octanol–water partition coefficient (Wildman–Crippen LogP) is 1.34. The molecule has 0 N–H and O–H groups in total. The van der Waals surface area contributed by atoms with Crippen LogP contribution in [0.5, 0.6) is 0 Å². The van der Waals surface area contributed by atoms with Crippen LogP contribution in [-0.4, -0.2) is 32.6 Å². The van der Waals surface area contributed by atoms with Gasteiger partial charge in [0.1, 0.15) is 0 Å². The molecule has 0 spiro atoms. The van der Waals surface area contributed by atoms with Crippen molar-refractivity contribution in [1.29, 1.82) is 0 Å². The number of methoxy groups -OCH3 is 1. The van der Waals surface area contributed by atoms with Crippen LogP contribution in [0.2, 0.25) is 0 Å². The fourth-order valence-corrected chi connectivity index (χ4v) is 1.36. The van der Waals surface area contributed by atoms with E-state index in [0.29, 0.717) is 6.61 Å². The number of ether oxygens (including phenoxy) is 3. The molecule has 1 aliphatic rings. The van der Waals surface area contributed by atoms with E-state index in [1.807, 2.05) is 0 Å². The first kappa shape index (κ1) is 11.5. The third-order valence-corrected chi connectivity index (χ3v) is 2.27. The summed E-state index contributed by atoms with van der Waals surface area (Å²) in [5, 5.41) is 0. The third-order valence-electron chi connectivity index (χ3n) is 2.27. The zero-order valence-corrected chi connectivity index (χ0v) is 8.82. The van der Waals surface area contributed by atoms with Gasteiger partial charge in [-0.15, -0.1) is 0 Å². The van der Waals surface area contributed by atoms with Gasteiger partial charge < -0.3 is 14.2 Å². The van der Waals surface area contributed by atoms with Crippen LogP contribution in [0.3, 0.4) is 0 Å². The Hall–Kier alpha value is -0.610. The van der Waals surface area contributed by atoms with E-state index < -0.39 is 0 Å². The van der Waals surface area contributed by atoms with Crippen LogP contribution >= 0.6 is 0 Å². The fraction of sp³-hybridized carbons (Fsp3) is 0.900. The predicted molar refractivity (Wildman–Crippen MR) is 50.7 cm³/mol. The van der Waals surface area contributed by atoms with Gasteiger partial charge in [0, 0.05) is 6.61 Å². The van der Waals surface area contributed by atoms with Crippen molar-refractivity contribution in [2.75, 3.05) is 20.3 Å². The average Bonchev–Trinajstić information content (AvgIpc) is 2.26. The first-order valence-electron chi connectivity index (χ1n) is 5.05. The lowest BCUT2D eigenvalue weighted by molar-refractivity contribution is -0.175. The van der Waals surface area contributed by atoms with Crippen molar-refractivity contribution < 1.29 is 19.0 Å². The quantitative estimate of drug-likeness (QED) is 0.645. The monoisotopic (exact) mass is 202 g/mol. The number of hydrogen-bond acceptors (Lipinski definition) is 4. The molecule has 1 saturated heterocycles. The van der Waals surface area contributed by atoms with Crippen LogP contribution in [-0.2, 0) is 19.0 Å².